The minimum absolute atomic E-state index is 0.174. The van der Waals surface area contributed by atoms with Gasteiger partial charge in [-0.05, 0) is 12.1 Å². The van der Waals surface area contributed by atoms with Crippen molar-refractivity contribution in [3.05, 3.63) is 41.5 Å². The van der Waals surface area contributed by atoms with E-state index in [1.807, 2.05) is 13.8 Å². The second-order valence-electron chi connectivity index (χ2n) is 5.29. The third kappa shape index (κ3) is 4.38. The maximum Gasteiger partial charge on any atom is 0.339 e. The molecular weight excluding hydrogens is 298 g/mol. The van der Waals surface area contributed by atoms with Gasteiger partial charge in [0.1, 0.15) is 0 Å². The van der Waals surface area contributed by atoms with E-state index in [2.05, 4.69) is 20.2 Å². The first-order chi connectivity index (χ1) is 11.0. The Balaban J connectivity index is 1.96. The van der Waals surface area contributed by atoms with E-state index in [1.165, 1.54) is 7.11 Å². The van der Waals surface area contributed by atoms with E-state index in [-0.39, 0.29) is 18.2 Å². The van der Waals surface area contributed by atoms with Gasteiger partial charge in [0.25, 0.3) is 0 Å². The fourth-order valence-corrected chi connectivity index (χ4v) is 1.92. The van der Waals surface area contributed by atoms with Crippen molar-refractivity contribution in [3.8, 4) is 0 Å². The van der Waals surface area contributed by atoms with Gasteiger partial charge in [-0.25, -0.2) is 4.79 Å². The summed E-state index contributed by atoms with van der Waals surface area (Å²) in [6.07, 6.45) is 0.515. The number of aromatic nitrogens is 2. The van der Waals surface area contributed by atoms with Crippen LogP contribution in [0.2, 0.25) is 0 Å². The Morgan fingerprint density at radius 3 is 2.70 bits per heavy atom. The highest BCUT2D eigenvalue weighted by molar-refractivity contribution is 6.01. The standard InChI is InChI=1S/C16H19N3O4/c1-10(2)15-18-14(23-19-15)9-8-13(20)17-12-7-5-4-6-11(12)16(21)22-3/h4-7,10H,8-9H2,1-3H3,(H,17,20). The van der Waals surface area contributed by atoms with Crippen LogP contribution in [0.1, 0.15) is 48.3 Å². The number of nitrogens with one attached hydrogen (secondary N) is 1. The number of ether oxygens (including phenoxy) is 1. The van der Waals surface area contributed by atoms with Crippen LogP contribution in [0.4, 0.5) is 5.69 Å². The van der Waals surface area contributed by atoms with Crippen molar-refractivity contribution in [2.45, 2.75) is 32.6 Å². The number of para-hydroxylation sites is 1. The number of amides is 1. The number of esters is 1. The van der Waals surface area contributed by atoms with Crippen molar-refractivity contribution >= 4 is 17.6 Å². The zero-order valence-corrected chi connectivity index (χ0v) is 13.3. The van der Waals surface area contributed by atoms with Crippen LogP contribution >= 0.6 is 0 Å². The molecule has 0 fully saturated rings. The van der Waals surface area contributed by atoms with Crippen molar-refractivity contribution in [1.82, 2.24) is 10.1 Å². The van der Waals surface area contributed by atoms with Crippen molar-refractivity contribution in [3.63, 3.8) is 0 Å². The zero-order valence-electron chi connectivity index (χ0n) is 13.3. The Morgan fingerprint density at radius 1 is 1.30 bits per heavy atom. The van der Waals surface area contributed by atoms with Crippen molar-refractivity contribution in [2.75, 3.05) is 12.4 Å². The van der Waals surface area contributed by atoms with Crippen LogP contribution in [0, 0.1) is 0 Å². The normalized spacial score (nSPS) is 10.6. The summed E-state index contributed by atoms with van der Waals surface area (Å²) in [5.74, 6) is 0.472. The molecule has 1 aromatic heterocycles. The molecule has 0 bridgehead atoms. The third-order valence-corrected chi connectivity index (χ3v) is 3.17. The minimum atomic E-state index is -0.501. The van der Waals surface area contributed by atoms with Crippen LogP contribution in [0.25, 0.3) is 0 Å². The molecule has 0 saturated carbocycles. The minimum Gasteiger partial charge on any atom is -0.465 e. The summed E-state index contributed by atoms with van der Waals surface area (Å²) in [6, 6.07) is 6.67. The molecule has 0 aliphatic rings. The molecule has 1 heterocycles. The Bertz CT molecular complexity index is 694. The number of carbonyl (C=O) groups is 2. The number of anilines is 1. The van der Waals surface area contributed by atoms with Gasteiger partial charge in [-0.1, -0.05) is 31.1 Å². The van der Waals surface area contributed by atoms with Crippen LogP contribution in [0.15, 0.2) is 28.8 Å². The van der Waals surface area contributed by atoms with E-state index < -0.39 is 5.97 Å². The van der Waals surface area contributed by atoms with Gasteiger partial charge in [0.05, 0.1) is 18.4 Å². The summed E-state index contributed by atoms with van der Waals surface area (Å²) < 4.78 is 9.78. The molecule has 0 saturated heterocycles. The van der Waals surface area contributed by atoms with Crippen LogP contribution < -0.4 is 5.32 Å². The monoisotopic (exact) mass is 317 g/mol. The number of benzene rings is 1. The fourth-order valence-electron chi connectivity index (χ4n) is 1.92. The zero-order chi connectivity index (χ0) is 16.8. The summed E-state index contributed by atoms with van der Waals surface area (Å²) in [5.41, 5.74) is 0.723. The van der Waals surface area contributed by atoms with E-state index >= 15 is 0 Å². The molecule has 7 nitrogen and oxygen atoms in total. The van der Waals surface area contributed by atoms with Crippen molar-refractivity contribution < 1.29 is 18.8 Å². The average Bonchev–Trinajstić information content (AvgIpc) is 3.02. The first-order valence-electron chi connectivity index (χ1n) is 7.31. The summed E-state index contributed by atoms with van der Waals surface area (Å²) in [4.78, 5) is 27.9. The van der Waals surface area contributed by atoms with Gasteiger partial charge in [-0.2, -0.15) is 4.98 Å². The molecule has 23 heavy (non-hydrogen) atoms. The first kappa shape index (κ1) is 16.7. The molecule has 0 aliphatic heterocycles. The topological polar surface area (TPSA) is 94.3 Å². The molecule has 0 aliphatic carbocycles. The Morgan fingerprint density at radius 2 is 2.04 bits per heavy atom. The van der Waals surface area contributed by atoms with Crippen LogP contribution in [0.3, 0.4) is 0 Å². The van der Waals surface area contributed by atoms with Gasteiger partial charge in [0.15, 0.2) is 5.82 Å². The van der Waals surface area contributed by atoms with Gasteiger partial charge in [-0.15, -0.1) is 0 Å². The smallest absolute Gasteiger partial charge is 0.339 e. The summed E-state index contributed by atoms with van der Waals surface area (Å²) in [5, 5.41) is 6.54. The highest BCUT2D eigenvalue weighted by atomic mass is 16.5. The maximum atomic E-state index is 12.0. The van der Waals surface area contributed by atoms with E-state index in [9.17, 15) is 9.59 Å². The van der Waals surface area contributed by atoms with E-state index in [1.54, 1.807) is 24.3 Å². The van der Waals surface area contributed by atoms with Gasteiger partial charge in [0.2, 0.25) is 11.8 Å². The van der Waals surface area contributed by atoms with Gasteiger partial charge < -0.3 is 14.6 Å². The molecule has 0 spiro atoms. The van der Waals surface area contributed by atoms with Crippen LogP contribution in [-0.4, -0.2) is 29.1 Å². The first-order valence-corrected chi connectivity index (χ1v) is 7.31. The molecule has 2 aromatic rings. The van der Waals surface area contributed by atoms with Crippen molar-refractivity contribution in [2.24, 2.45) is 0 Å². The number of rotatable bonds is 6. The highest BCUT2D eigenvalue weighted by Crippen LogP contribution is 2.17. The van der Waals surface area contributed by atoms with Crippen molar-refractivity contribution in [1.29, 1.82) is 0 Å². The van der Waals surface area contributed by atoms with E-state index in [4.69, 9.17) is 4.52 Å². The lowest BCUT2D eigenvalue weighted by molar-refractivity contribution is -0.116. The molecule has 2 rings (SSSR count). The van der Waals surface area contributed by atoms with E-state index in [0.717, 1.165) is 0 Å². The lowest BCUT2D eigenvalue weighted by Crippen LogP contribution is -2.15. The lowest BCUT2D eigenvalue weighted by atomic mass is 10.1. The Labute approximate surface area is 134 Å². The van der Waals surface area contributed by atoms with Crippen LogP contribution in [-0.2, 0) is 16.0 Å². The number of hydrogen-bond donors (Lipinski definition) is 1. The predicted molar refractivity (Wildman–Crippen MR) is 83.1 cm³/mol. The largest absolute Gasteiger partial charge is 0.465 e. The highest BCUT2D eigenvalue weighted by Gasteiger charge is 2.15. The fraction of sp³-hybridized carbons (Fsp3) is 0.375. The van der Waals surface area contributed by atoms with E-state index in [0.29, 0.717) is 29.4 Å². The maximum absolute atomic E-state index is 12.0. The van der Waals surface area contributed by atoms with Gasteiger partial charge >= 0.3 is 5.97 Å². The van der Waals surface area contributed by atoms with Gasteiger partial charge in [-0.3, -0.25) is 4.79 Å². The SMILES string of the molecule is COC(=O)c1ccccc1NC(=O)CCc1nc(C(C)C)no1. The number of aryl methyl sites for hydroxylation is 1. The quantitative estimate of drug-likeness (QED) is 0.823. The average molecular weight is 317 g/mol. The molecule has 1 aromatic carbocycles. The summed E-state index contributed by atoms with van der Waals surface area (Å²) >= 11 is 0. The number of carbonyl (C=O) groups excluding carboxylic acids is 2. The molecule has 0 radical (unpaired) electrons. The van der Waals surface area contributed by atoms with Gasteiger partial charge in [0, 0.05) is 18.8 Å². The summed E-state index contributed by atoms with van der Waals surface area (Å²) in [6.45, 7) is 3.93. The number of hydrogen-bond acceptors (Lipinski definition) is 6. The summed E-state index contributed by atoms with van der Waals surface area (Å²) in [7, 11) is 1.29. The molecule has 1 N–H and O–H groups in total. The second-order valence-corrected chi connectivity index (χ2v) is 5.29. The van der Waals surface area contributed by atoms with Crippen LogP contribution in [0.5, 0.6) is 0 Å². The second kappa shape index (κ2) is 7.53. The lowest BCUT2D eigenvalue weighted by Gasteiger charge is -2.08. The molecule has 1 amide bonds. The Kier molecular flexibility index (Phi) is 5.46. The molecule has 7 heteroatoms. The predicted octanol–water partition coefficient (Wildman–Crippen LogP) is 2.55. The Hall–Kier alpha value is -2.70. The number of methoxy groups -OCH3 is 1. The molecule has 0 atom stereocenters. The third-order valence-electron chi connectivity index (χ3n) is 3.17. The molecular formula is C16H19N3O4. The molecule has 122 valence electrons. The number of nitrogens with zero attached hydrogens (tertiary/aromatic N) is 2. The molecule has 0 unspecified atom stereocenters.